The molecule has 5 nitrogen and oxygen atoms in total. The van der Waals surface area contributed by atoms with Gasteiger partial charge in [0.25, 0.3) is 0 Å². The van der Waals surface area contributed by atoms with E-state index in [9.17, 15) is 9.59 Å². The van der Waals surface area contributed by atoms with Gasteiger partial charge in [-0.2, -0.15) is 0 Å². The fraction of sp³-hybridized carbons (Fsp3) is 0.286. The van der Waals surface area contributed by atoms with Gasteiger partial charge in [-0.05, 0) is 48.4 Å². The zero-order chi connectivity index (χ0) is 14.8. The Labute approximate surface area is 120 Å². The number of nitrogens with one attached hydrogen (secondary N) is 2. The topological polar surface area (TPSA) is 78.4 Å². The van der Waals surface area contributed by atoms with Gasteiger partial charge in [0.2, 0.25) is 0 Å². The molecule has 0 radical (unpaired) electrons. The van der Waals surface area contributed by atoms with Crippen LogP contribution in [0.2, 0.25) is 0 Å². The number of carbonyl (C=O) groups excluding carboxylic acids is 1. The van der Waals surface area contributed by atoms with E-state index >= 15 is 0 Å². The fourth-order valence-electron chi connectivity index (χ4n) is 1.75. The van der Waals surface area contributed by atoms with Crippen molar-refractivity contribution in [3.63, 3.8) is 0 Å². The number of benzene rings is 1. The number of carboxylic acids is 1. The molecule has 0 aliphatic heterocycles. The largest absolute Gasteiger partial charge is 0.480 e. The number of hydrogen-bond donors (Lipinski definition) is 3. The number of carboxylic acid groups (broad SMARTS) is 1. The third-order valence-electron chi connectivity index (χ3n) is 3.28. The van der Waals surface area contributed by atoms with Gasteiger partial charge in [-0.3, -0.25) is 0 Å². The second-order valence-electron chi connectivity index (χ2n) is 4.74. The van der Waals surface area contributed by atoms with Crippen LogP contribution in [0.25, 0.3) is 10.1 Å². The molecule has 106 valence electrons. The van der Waals surface area contributed by atoms with Crippen LogP contribution < -0.4 is 10.6 Å². The molecule has 0 fully saturated rings. The summed E-state index contributed by atoms with van der Waals surface area (Å²) in [6, 6.07) is 7.02. The summed E-state index contributed by atoms with van der Waals surface area (Å²) < 4.78 is 1.14. The third kappa shape index (κ3) is 2.91. The van der Waals surface area contributed by atoms with Crippen LogP contribution in [-0.2, 0) is 4.79 Å². The van der Waals surface area contributed by atoms with Crippen molar-refractivity contribution >= 4 is 39.1 Å². The van der Waals surface area contributed by atoms with Crippen molar-refractivity contribution in [2.75, 3.05) is 5.32 Å². The van der Waals surface area contributed by atoms with E-state index < -0.39 is 17.5 Å². The number of carbonyl (C=O) groups is 2. The lowest BCUT2D eigenvalue weighted by Gasteiger charge is -2.24. The van der Waals surface area contributed by atoms with Crippen molar-refractivity contribution in [3.8, 4) is 0 Å². The highest BCUT2D eigenvalue weighted by atomic mass is 32.1. The monoisotopic (exact) mass is 292 g/mol. The highest BCUT2D eigenvalue weighted by Crippen LogP contribution is 2.24. The molecule has 0 saturated heterocycles. The van der Waals surface area contributed by atoms with Crippen molar-refractivity contribution in [1.29, 1.82) is 0 Å². The molecule has 3 N–H and O–H groups in total. The van der Waals surface area contributed by atoms with Crippen LogP contribution in [0.4, 0.5) is 10.5 Å². The van der Waals surface area contributed by atoms with Crippen molar-refractivity contribution < 1.29 is 14.7 Å². The Morgan fingerprint density at radius 1 is 1.35 bits per heavy atom. The summed E-state index contributed by atoms with van der Waals surface area (Å²) in [6.45, 7) is 3.20. The summed E-state index contributed by atoms with van der Waals surface area (Å²) in [5.41, 5.74) is -0.631. The molecular formula is C14H16N2O3S. The summed E-state index contributed by atoms with van der Waals surface area (Å²) in [6.07, 6.45) is 0.305. The average Bonchev–Trinajstić information content (AvgIpc) is 2.85. The van der Waals surface area contributed by atoms with E-state index in [1.165, 1.54) is 6.92 Å². The first-order chi connectivity index (χ1) is 9.44. The molecule has 1 aromatic carbocycles. The molecule has 6 heteroatoms. The number of thiophene rings is 1. The Morgan fingerprint density at radius 3 is 2.75 bits per heavy atom. The minimum absolute atomic E-state index is 0.305. The number of rotatable bonds is 4. The van der Waals surface area contributed by atoms with Gasteiger partial charge in [-0.25, -0.2) is 9.59 Å². The summed E-state index contributed by atoms with van der Waals surface area (Å²) in [7, 11) is 0. The van der Waals surface area contributed by atoms with Gasteiger partial charge < -0.3 is 15.7 Å². The molecule has 20 heavy (non-hydrogen) atoms. The molecule has 1 heterocycles. The second kappa shape index (κ2) is 5.50. The van der Waals surface area contributed by atoms with Crippen LogP contribution in [0.15, 0.2) is 29.6 Å². The minimum atomic E-state index is -1.27. The number of anilines is 1. The molecular weight excluding hydrogens is 276 g/mol. The van der Waals surface area contributed by atoms with Crippen LogP contribution in [0.3, 0.4) is 0 Å². The predicted octanol–water partition coefficient (Wildman–Crippen LogP) is 3.28. The summed E-state index contributed by atoms with van der Waals surface area (Å²) in [4.78, 5) is 23.0. The molecule has 0 aliphatic rings. The van der Waals surface area contributed by atoms with Gasteiger partial charge in [0, 0.05) is 10.4 Å². The van der Waals surface area contributed by atoms with Crippen molar-refractivity contribution in [2.45, 2.75) is 25.8 Å². The number of fused-ring (bicyclic) bond motifs is 1. The zero-order valence-electron chi connectivity index (χ0n) is 11.3. The minimum Gasteiger partial charge on any atom is -0.480 e. The van der Waals surface area contributed by atoms with Gasteiger partial charge in [0.1, 0.15) is 5.54 Å². The highest BCUT2D eigenvalue weighted by Gasteiger charge is 2.32. The summed E-state index contributed by atoms with van der Waals surface area (Å²) >= 11 is 1.63. The van der Waals surface area contributed by atoms with Crippen molar-refractivity contribution in [2.24, 2.45) is 0 Å². The van der Waals surface area contributed by atoms with E-state index in [0.29, 0.717) is 12.1 Å². The molecule has 2 amide bonds. The van der Waals surface area contributed by atoms with Gasteiger partial charge in [-0.15, -0.1) is 11.3 Å². The van der Waals surface area contributed by atoms with Crippen LogP contribution in [0.5, 0.6) is 0 Å². The van der Waals surface area contributed by atoms with Crippen LogP contribution >= 0.6 is 11.3 Å². The number of amides is 2. The van der Waals surface area contributed by atoms with E-state index in [0.717, 1.165) is 10.1 Å². The summed E-state index contributed by atoms with van der Waals surface area (Å²) in [5.74, 6) is -1.05. The Bertz CT molecular complexity index is 653. The lowest BCUT2D eigenvalue weighted by atomic mass is 10.00. The molecule has 2 aromatic rings. The van der Waals surface area contributed by atoms with E-state index in [1.54, 1.807) is 24.3 Å². The van der Waals surface area contributed by atoms with Gasteiger partial charge in [0.15, 0.2) is 0 Å². The first kappa shape index (κ1) is 14.3. The fourth-order valence-corrected chi connectivity index (χ4v) is 2.52. The molecule has 0 aliphatic carbocycles. The van der Waals surface area contributed by atoms with Crippen LogP contribution in [0.1, 0.15) is 20.3 Å². The second-order valence-corrected chi connectivity index (χ2v) is 5.69. The van der Waals surface area contributed by atoms with Gasteiger partial charge in [0.05, 0.1) is 0 Å². The molecule has 0 bridgehead atoms. The Kier molecular flexibility index (Phi) is 3.94. The summed E-state index contributed by atoms with van der Waals surface area (Å²) in [5, 5.41) is 17.3. The predicted molar refractivity (Wildman–Crippen MR) is 80.3 cm³/mol. The smallest absolute Gasteiger partial charge is 0.329 e. The number of hydrogen-bond acceptors (Lipinski definition) is 3. The van der Waals surface area contributed by atoms with Crippen molar-refractivity contribution in [1.82, 2.24) is 5.32 Å². The van der Waals surface area contributed by atoms with Gasteiger partial charge in [-0.1, -0.05) is 6.92 Å². The Balaban J connectivity index is 2.09. The standard InChI is InChI=1S/C14H16N2O3S/c1-3-14(2,12(17)18)16-13(19)15-10-4-5-11-9(8-10)6-7-20-11/h4-8H,3H2,1-2H3,(H,17,18)(H2,15,16,19). The molecule has 0 saturated carbocycles. The Morgan fingerprint density at radius 2 is 2.10 bits per heavy atom. The zero-order valence-corrected chi connectivity index (χ0v) is 12.1. The van der Waals surface area contributed by atoms with E-state index in [1.807, 2.05) is 23.6 Å². The van der Waals surface area contributed by atoms with Crippen LogP contribution in [0, 0.1) is 0 Å². The molecule has 1 aromatic heterocycles. The molecule has 2 rings (SSSR count). The maximum Gasteiger partial charge on any atom is 0.329 e. The number of aliphatic carboxylic acids is 1. The molecule has 0 spiro atoms. The number of urea groups is 1. The van der Waals surface area contributed by atoms with E-state index in [4.69, 9.17) is 5.11 Å². The quantitative estimate of drug-likeness (QED) is 0.809. The Hall–Kier alpha value is -2.08. The van der Waals surface area contributed by atoms with E-state index in [2.05, 4.69) is 10.6 Å². The SMILES string of the molecule is CCC(C)(NC(=O)Nc1ccc2sccc2c1)C(=O)O. The highest BCUT2D eigenvalue weighted by molar-refractivity contribution is 7.17. The maximum absolute atomic E-state index is 11.9. The first-order valence-electron chi connectivity index (χ1n) is 6.24. The third-order valence-corrected chi connectivity index (χ3v) is 4.18. The molecule has 1 atom stereocenters. The van der Waals surface area contributed by atoms with E-state index in [-0.39, 0.29) is 0 Å². The normalized spacial score (nSPS) is 13.7. The average molecular weight is 292 g/mol. The van der Waals surface area contributed by atoms with Gasteiger partial charge >= 0.3 is 12.0 Å². The van der Waals surface area contributed by atoms with Crippen molar-refractivity contribution in [3.05, 3.63) is 29.6 Å². The maximum atomic E-state index is 11.9. The lowest BCUT2D eigenvalue weighted by Crippen LogP contribution is -2.53. The van der Waals surface area contributed by atoms with Crippen LogP contribution in [-0.4, -0.2) is 22.6 Å². The first-order valence-corrected chi connectivity index (χ1v) is 7.12. The lowest BCUT2D eigenvalue weighted by molar-refractivity contribution is -0.143. The molecule has 1 unspecified atom stereocenters.